The fraction of sp³-hybridized carbons (Fsp3) is 0. The molecule has 1 rings (SSSR count). The zero-order valence-corrected chi connectivity index (χ0v) is 5.53. The minimum absolute atomic E-state index is 1.03. The van der Waals surface area contributed by atoms with Gasteiger partial charge in [-0.2, -0.15) is 0 Å². The van der Waals surface area contributed by atoms with Gasteiger partial charge in [0.25, 0.3) is 0 Å². The van der Waals surface area contributed by atoms with E-state index in [2.05, 4.69) is 15.9 Å². The van der Waals surface area contributed by atoms with Crippen molar-refractivity contribution in [1.29, 1.82) is 0 Å². The molecule has 0 bridgehead atoms. The molecule has 1 aromatic rings. The van der Waals surface area contributed by atoms with E-state index in [1.807, 2.05) is 17.7 Å². The molecule has 0 saturated heterocycles. The molecule has 1 heterocycles. The summed E-state index contributed by atoms with van der Waals surface area (Å²) in [5.74, 6) is 0. The van der Waals surface area contributed by atoms with Gasteiger partial charge in [0.15, 0.2) is 0 Å². The van der Waals surface area contributed by atoms with Gasteiger partial charge in [0.05, 0.1) is 0 Å². The van der Waals surface area contributed by atoms with Gasteiger partial charge < -0.3 is 0 Å². The predicted molar refractivity (Wildman–Crippen MR) is 31.8 cm³/mol. The Balaban J connectivity index is 3.12. The molecule has 1 aromatic heterocycles. The van der Waals surface area contributed by atoms with Gasteiger partial charge in [0.1, 0.15) is 0 Å². The Morgan fingerprint density at radius 1 is 1.57 bits per heavy atom. The molecule has 0 aliphatic rings. The average molecular weight is 153 g/mol. The van der Waals surface area contributed by atoms with Gasteiger partial charge >= 0.3 is 59.3 Å². The Kier molecular flexibility index (Phi) is 1.64. The second-order valence-electron chi connectivity index (χ2n) is 1.40. The van der Waals surface area contributed by atoms with E-state index in [1.165, 1.54) is 0 Å². The average Bonchev–Trinajstić information content (AvgIpc) is 1.91. The summed E-state index contributed by atoms with van der Waals surface area (Å²) in [5.41, 5.74) is 0. The molecular weight excluding hydrogens is 151 g/mol. The van der Waals surface area contributed by atoms with Crippen molar-refractivity contribution in [2.75, 3.05) is 0 Å². The summed E-state index contributed by atoms with van der Waals surface area (Å²) in [6, 6.07) is 0. The third kappa shape index (κ3) is 1.13. The summed E-state index contributed by atoms with van der Waals surface area (Å²) < 4.78 is 6.97. The van der Waals surface area contributed by atoms with Gasteiger partial charge in [-0.05, 0) is 0 Å². The van der Waals surface area contributed by atoms with E-state index in [1.54, 1.807) is 12.5 Å². The Bertz CT molecular complexity index is 144. The van der Waals surface area contributed by atoms with Crippen molar-refractivity contribution in [3.8, 4) is 0 Å². The number of hydrogen-bond acceptors (Lipinski definition) is 1. The van der Waals surface area contributed by atoms with Gasteiger partial charge in [0, 0.05) is 0 Å². The fourth-order valence-corrected chi connectivity index (χ4v) is 0.546. The second kappa shape index (κ2) is 2.08. The first-order chi connectivity index (χ1) is 3.30. The molecule has 1 nitrogen and oxygen atoms in total. The van der Waals surface area contributed by atoms with Crippen molar-refractivity contribution in [2.45, 2.75) is 0 Å². The predicted octanol–water partition coefficient (Wildman–Crippen LogP) is 0.836. The SMILES string of the molecule is [Li][c]1cocc1Br. The van der Waals surface area contributed by atoms with Crippen molar-refractivity contribution in [3.63, 3.8) is 0 Å². The minimum atomic E-state index is 1.03. The van der Waals surface area contributed by atoms with Crippen LogP contribution in [0.2, 0.25) is 0 Å². The van der Waals surface area contributed by atoms with Gasteiger partial charge in [-0.15, -0.1) is 0 Å². The molecule has 0 radical (unpaired) electrons. The van der Waals surface area contributed by atoms with Crippen LogP contribution in [0, 0.1) is 0 Å². The van der Waals surface area contributed by atoms with Crippen LogP contribution >= 0.6 is 15.9 Å². The van der Waals surface area contributed by atoms with Crippen LogP contribution in [-0.2, 0) is 0 Å². The molecule has 0 N–H and O–H groups in total. The van der Waals surface area contributed by atoms with Gasteiger partial charge in [0.2, 0.25) is 0 Å². The molecule has 0 saturated carbocycles. The maximum absolute atomic E-state index is 4.80. The van der Waals surface area contributed by atoms with Crippen LogP contribution in [0.1, 0.15) is 0 Å². The molecule has 0 amide bonds. The standard InChI is InChI=1S/C4H2BrO.Li/c5-4-1-2-6-3-4;/h2-3H;. The van der Waals surface area contributed by atoms with Crippen LogP contribution in [0.25, 0.3) is 0 Å². The van der Waals surface area contributed by atoms with E-state index >= 15 is 0 Å². The maximum atomic E-state index is 4.80. The van der Waals surface area contributed by atoms with E-state index in [-0.39, 0.29) is 0 Å². The molecule has 0 spiro atoms. The zero-order chi connectivity index (χ0) is 5.28. The van der Waals surface area contributed by atoms with Crippen molar-refractivity contribution >= 4 is 37.9 Å². The Morgan fingerprint density at radius 2 is 2.29 bits per heavy atom. The third-order valence-corrected chi connectivity index (χ3v) is 1.61. The van der Waals surface area contributed by atoms with Gasteiger partial charge in [-0.3, -0.25) is 0 Å². The third-order valence-electron chi connectivity index (χ3n) is 0.793. The monoisotopic (exact) mass is 152 g/mol. The van der Waals surface area contributed by atoms with Gasteiger partial charge in [-0.1, -0.05) is 0 Å². The summed E-state index contributed by atoms with van der Waals surface area (Å²) in [5, 5.41) is 0. The molecule has 0 aliphatic heterocycles. The van der Waals surface area contributed by atoms with Crippen LogP contribution in [0.5, 0.6) is 0 Å². The summed E-state index contributed by atoms with van der Waals surface area (Å²) in [6.45, 7) is 0. The van der Waals surface area contributed by atoms with Gasteiger partial charge in [-0.25, -0.2) is 0 Å². The van der Waals surface area contributed by atoms with E-state index in [0.29, 0.717) is 0 Å². The molecule has 0 unspecified atom stereocenters. The van der Waals surface area contributed by atoms with Crippen LogP contribution in [0.15, 0.2) is 21.4 Å². The van der Waals surface area contributed by atoms with Crippen LogP contribution in [0.4, 0.5) is 0 Å². The van der Waals surface area contributed by atoms with E-state index in [0.717, 1.165) is 8.71 Å². The molecule has 3 heteroatoms. The van der Waals surface area contributed by atoms with E-state index < -0.39 is 0 Å². The Labute approximate surface area is 59.4 Å². The Morgan fingerprint density at radius 3 is 2.43 bits per heavy atom. The normalized spacial score (nSPS) is 9.57. The molecule has 0 atom stereocenters. The summed E-state index contributed by atoms with van der Waals surface area (Å²) in [7, 11) is 0. The number of hydrogen-bond donors (Lipinski definition) is 0. The summed E-state index contributed by atoms with van der Waals surface area (Å²) >= 11 is 5.25. The van der Waals surface area contributed by atoms with Crippen LogP contribution in [-0.4, -0.2) is 17.7 Å². The van der Waals surface area contributed by atoms with Crippen LogP contribution < -0.4 is 4.24 Å². The zero-order valence-electron chi connectivity index (χ0n) is 3.94. The quantitative estimate of drug-likeness (QED) is 0.503. The molecule has 0 aliphatic carbocycles. The van der Waals surface area contributed by atoms with Crippen molar-refractivity contribution < 1.29 is 4.42 Å². The fourth-order valence-electron chi connectivity index (χ4n) is 0.345. The van der Waals surface area contributed by atoms with Crippen LogP contribution in [0.3, 0.4) is 0 Å². The number of rotatable bonds is 0. The summed E-state index contributed by atoms with van der Waals surface area (Å²) in [4.78, 5) is 0. The number of furan rings is 1. The first kappa shape index (κ1) is 5.49. The molecule has 32 valence electrons. The topological polar surface area (TPSA) is 13.1 Å². The van der Waals surface area contributed by atoms with Crippen molar-refractivity contribution in [1.82, 2.24) is 0 Å². The Hall–Kier alpha value is 0.357. The molecule has 7 heavy (non-hydrogen) atoms. The second-order valence-corrected chi connectivity index (χ2v) is 2.26. The van der Waals surface area contributed by atoms with Crippen molar-refractivity contribution in [2.24, 2.45) is 0 Å². The molecule has 0 fully saturated rings. The molecule has 0 aromatic carbocycles. The molecular formula is C4H2BrLiO. The summed E-state index contributed by atoms with van der Waals surface area (Å²) in [6.07, 6.45) is 3.36. The van der Waals surface area contributed by atoms with E-state index in [4.69, 9.17) is 4.42 Å². The van der Waals surface area contributed by atoms with E-state index in [9.17, 15) is 0 Å². The van der Waals surface area contributed by atoms with Crippen molar-refractivity contribution in [3.05, 3.63) is 17.0 Å². The number of halogens is 1. The first-order valence-corrected chi connectivity index (χ1v) is 2.78. The first-order valence-electron chi connectivity index (χ1n) is 1.99.